The van der Waals surface area contributed by atoms with Crippen LogP contribution >= 0.6 is 0 Å². The molecule has 2 aromatic rings. The van der Waals surface area contributed by atoms with Gasteiger partial charge in [0.2, 0.25) is 0 Å². The van der Waals surface area contributed by atoms with Crippen LogP contribution in [-0.2, 0) is 6.42 Å². The van der Waals surface area contributed by atoms with Gasteiger partial charge in [0.15, 0.2) is 5.82 Å². The number of tetrazole rings is 1. The summed E-state index contributed by atoms with van der Waals surface area (Å²) >= 11 is 0. The minimum atomic E-state index is -0.0265. The highest BCUT2D eigenvalue weighted by Crippen LogP contribution is 2.40. The van der Waals surface area contributed by atoms with Crippen molar-refractivity contribution >= 4 is 0 Å². The lowest BCUT2D eigenvalue weighted by Crippen LogP contribution is -2.26. The predicted octanol–water partition coefficient (Wildman–Crippen LogP) is 1.76. The molecular weight excluding hydrogens is 240 g/mol. The van der Waals surface area contributed by atoms with E-state index in [1.165, 1.54) is 12.8 Å². The Morgan fingerprint density at radius 2 is 1.89 bits per heavy atom. The van der Waals surface area contributed by atoms with Crippen LogP contribution in [0.1, 0.15) is 31.5 Å². The Kier molecular flexibility index (Phi) is 3.29. The summed E-state index contributed by atoms with van der Waals surface area (Å²) in [6.45, 7) is 0.217. The SMILES string of the molecule is OCC1(Cc2nnnn2-c2ccccc2)CCCC1. The van der Waals surface area contributed by atoms with Crippen molar-refractivity contribution in [2.24, 2.45) is 5.41 Å². The van der Waals surface area contributed by atoms with E-state index in [2.05, 4.69) is 15.5 Å². The van der Waals surface area contributed by atoms with Crippen molar-refractivity contribution in [3.63, 3.8) is 0 Å². The largest absolute Gasteiger partial charge is 0.396 e. The maximum absolute atomic E-state index is 9.70. The molecule has 19 heavy (non-hydrogen) atoms. The van der Waals surface area contributed by atoms with Crippen LogP contribution in [0.4, 0.5) is 0 Å². The number of nitrogens with zero attached hydrogens (tertiary/aromatic N) is 4. The van der Waals surface area contributed by atoms with Gasteiger partial charge in [0, 0.05) is 18.4 Å². The minimum absolute atomic E-state index is 0.0265. The molecule has 3 rings (SSSR count). The van der Waals surface area contributed by atoms with Crippen LogP contribution in [0.2, 0.25) is 0 Å². The van der Waals surface area contributed by atoms with Gasteiger partial charge in [-0.1, -0.05) is 31.0 Å². The molecule has 0 saturated heterocycles. The third-order valence-corrected chi connectivity index (χ3v) is 4.07. The topological polar surface area (TPSA) is 63.8 Å². The second-order valence-electron chi connectivity index (χ2n) is 5.38. The molecule has 100 valence electrons. The Hall–Kier alpha value is -1.75. The molecule has 1 N–H and O–H groups in total. The summed E-state index contributed by atoms with van der Waals surface area (Å²) in [5.41, 5.74) is 0.940. The number of aromatic nitrogens is 4. The van der Waals surface area contributed by atoms with Crippen molar-refractivity contribution in [3.8, 4) is 5.69 Å². The highest BCUT2D eigenvalue weighted by molar-refractivity contribution is 5.30. The number of hydrogen-bond donors (Lipinski definition) is 1. The number of aliphatic hydroxyl groups is 1. The highest BCUT2D eigenvalue weighted by Gasteiger charge is 2.35. The summed E-state index contributed by atoms with van der Waals surface area (Å²) in [4.78, 5) is 0. The lowest BCUT2D eigenvalue weighted by molar-refractivity contribution is 0.127. The van der Waals surface area contributed by atoms with Crippen LogP contribution in [0, 0.1) is 5.41 Å². The van der Waals surface area contributed by atoms with E-state index >= 15 is 0 Å². The van der Waals surface area contributed by atoms with Gasteiger partial charge in [-0.3, -0.25) is 0 Å². The summed E-state index contributed by atoms with van der Waals surface area (Å²) in [6.07, 6.45) is 5.24. The van der Waals surface area contributed by atoms with E-state index in [9.17, 15) is 5.11 Å². The smallest absolute Gasteiger partial charge is 0.157 e. The molecule has 1 saturated carbocycles. The van der Waals surface area contributed by atoms with Crippen molar-refractivity contribution < 1.29 is 5.11 Å². The molecule has 0 unspecified atom stereocenters. The number of benzene rings is 1. The second kappa shape index (κ2) is 5.09. The lowest BCUT2D eigenvalue weighted by Gasteiger charge is -2.25. The maximum atomic E-state index is 9.70. The monoisotopic (exact) mass is 258 g/mol. The number of hydrogen-bond acceptors (Lipinski definition) is 4. The summed E-state index contributed by atoms with van der Waals surface area (Å²) in [7, 11) is 0. The normalized spacial score (nSPS) is 17.7. The Morgan fingerprint density at radius 3 is 2.58 bits per heavy atom. The molecule has 1 aliphatic carbocycles. The Bertz CT molecular complexity index is 531. The molecule has 1 fully saturated rings. The highest BCUT2D eigenvalue weighted by atomic mass is 16.3. The molecule has 0 amide bonds. The zero-order valence-electron chi connectivity index (χ0n) is 10.9. The first-order valence-corrected chi connectivity index (χ1v) is 6.77. The molecule has 5 nitrogen and oxygen atoms in total. The average molecular weight is 258 g/mol. The minimum Gasteiger partial charge on any atom is -0.396 e. The molecule has 1 aromatic carbocycles. The molecule has 5 heteroatoms. The molecule has 0 bridgehead atoms. The van der Waals surface area contributed by atoms with Gasteiger partial charge >= 0.3 is 0 Å². The van der Waals surface area contributed by atoms with Crippen LogP contribution in [-0.4, -0.2) is 31.9 Å². The van der Waals surface area contributed by atoms with Crippen molar-refractivity contribution in [3.05, 3.63) is 36.2 Å². The number of rotatable bonds is 4. The molecule has 1 heterocycles. The van der Waals surface area contributed by atoms with Crippen molar-refractivity contribution in [2.75, 3.05) is 6.61 Å². The van der Waals surface area contributed by atoms with E-state index in [1.807, 2.05) is 30.3 Å². The fourth-order valence-electron chi connectivity index (χ4n) is 2.94. The standard InChI is InChI=1S/C14H18N4O/c19-11-14(8-4-5-9-14)10-13-15-16-17-18(13)12-6-2-1-3-7-12/h1-3,6-7,19H,4-5,8-11H2. The van der Waals surface area contributed by atoms with Gasteiger partial charge in [-0.2, -0.15) is 4.68 Å². The first kappa shape index (κ1) is 12.3. The van der Waals surface area contributed by atoms with Gasteiger partial charge in [-0.05, 0) is 35.4 Å². The fourth-order valence-corrected chi connectivity index (χ4v) is 2.94. The van der Waals surface area contributed by atoms with Crippen LogP contribution in [0.3, 0.4) is 0 Å². The van der Waals surface area contributed by atoms with E-state index in [-0.39, 0.29) is 12.0 Å². The van der Waals surface area contributed by atoms with E-state index in [1.54, 1.807) is 4.68 Å². The predicted molar refractivity (Wildman–Crippen MR) is 70.8 cm³/mol. The number of para-hydroxylation sites is 1. The van der Waals surface area contributed by atoms with E-state index < -0.39 is 0 Å². The van der Waals surface area contributed by atoms with Gasteiger partial charge in [-0.25, -0.2) is 0 Å². The third kappa shape index (κ3) is 2.38. The van der Waals surface area contributed by atoms with Crippen molar-refractivity contribution in [2.45, 2.75) is 32.1 Å². The summed E-state index contributed by atoms with van der Waals surface area (Å²) < 4.78 is 1.77. The molecule has 0 radical (unpaired) electrons. The number of aliphatic hydroxyl groups excluding tert-OH is 1. The van der Waals surface area contributed by atoms with E-state index in [0.717, 1.165) is 30.8 Å². The van der Waals surface area contributed by atoms with Crippen molar-refractivity contribution in [1.82, 2.24) is 20.2 Å². The zero-order chi connectivity index (χ0) is 13.1. The average Bonchev–Trinajstić information content (AvgIpc) is 3.10. The molecule has 0 aliphatic heterocycles. The third-order valence-electron chi connectivity index (χ3n) is 4.07. The molecular formula is C14H18N4O. The quantitative estimate of drug-likeness (QED) is 0.907. The van der Waals surface area contributed by atoms with Crippen LogP contribution < -0.4 is 0 Å². The fraction of sp³-hybridized carbons (Fsp3) is 0.500. The Morgan fingerprint density at radius 1 is 1.16 bits per heavy atom. The Balaban J connectivity index is 1.88. The van der Waals surface area contributed by atoms with E-state index in [0.29, 0.717) is 0 Å². The second-order valence-corrected chi connectivity index (χ2v) is 5.38. The zero-order valence-corrected chi connectivity index (χ0v) is 10.9. The maximum Gasteiger partial charge on any atom is 0.157 e. The summed E-state index contributed by atoms with van der Waals surface area (Å²) in [6, 6.07) is 9.89. The van der Waals surface area contributed by atoms with Gasteiger partial charge in [0.1, 0.15) is 0 Å². The lowest BCUT2D eigenvalue weighted by atomic mass is 9.83. The van der Waals surface area contributed by atoms with Gasteiger partial charge in [-0.15, -0.1) is 5.10 Å². The molecule has 1 aliphatic rings. The summed E-state index contributed by atoms with van der Waals surface area (Å²) in [5, 5.41) is 21.7. The molecule has 1 aromatic heterocycles. The Labute approximate surface area is 112 Å². The first-order valence-electron chi connectivity index (χ1n) is 6.77. The van der Waals surface area contributed by atoms with Crippen LogP contribution in [0.25, 0.3) is 5.69 Å². The van der Waals surface area contributed by atoms with Gasteiger partial charge in [0.05, 0.1) is 5.69 Å². The molecule has 0 atom stereocenters. The first-order chi connectivity index (χ1) is 9.33. The van der Waals surface area contributed by atoms with Gasteiger partial charge < -0.3 is 5.11 Å². The van der Waals surface area contributed by atoms with Crippen LogP contribution in [0.5, 0.6) is 0 Å². The van der Waals surface area contributed by atoms with E-state index in [4.69, 9.17) is 0 Å². The molecule has 0 spiro atoms. The summed E-state index contributed by atoms with van der Waals surface area (Å²) in [5.74, 6) is 0.835. The van der Waals surface area contributed by atoms with Gasteiger partial charge in [0.25, 0.3) is 0 Å². The van der Waals surface area contributed by atoms with Crippen molar-refractivity contribution in [1.29, 1.82) is 0 Å². The van der Waals surface area contributed by atoms with Crippen LogP contribution in [0.15, 0.2) is 30.3 Å².